The van der Waals surface area contributed by atoms with Crippen LogP contribution in [0.2, 0.25) is 0 Å². The van der Waals surface area contributed by atoms with Gasteiger partial charge < -0.3 is 10.4 Å². The second-order valence-corrected chi connectivity index (χ2v) is 4.59. The van der Waals surface area contributed by atoms with E-state index in [1.165, 1.54) is 6.07 Å². The number of carbonyl (C=O) groups excluding carboxylic acids is 1. The van der Waals surface area contributed by atoms with E-state index in [0.29, 0.717) is 12.5 Å². The summed E-state index contributed by atoms with van der Waals surface area (Å²) in [7, 11) is 0. The van der Waals surface area contributed by atoms with Crippen LogP contribution in [0.1, 0.15) is 42.1 Å². The van der Waals surface area contributed by atoms with Gasteiger partial charge in [-0.3, -0.25) is 4.79 Å². The number of unbranched alkanes of at least 4 members (excludes halogenated alkanes) is 1. The number of carbonyl (C=O) groups is 2. The number of carboxylic acid groups (broad SMARTS) is 1. The van der Waals surface area contributed by atoms with Gasteiger partial charge in [-0.25, -0.2) is 4.79 Å². The van der Waals surface area contributed by atoms with Gasteiger partial charge in [-0.15, -0.1) is 0 Å². The number of benzene rings is 1. The quantitative estimate of drug-likeness (QED) is 0.848. The van der Waals surface area contributed by atoms with Crippen LogP contribution in [0.25, 0.3) is 0 Å². The third-order valence-electron chi connectivity index (χ3n) is 2.90. The summed E-state index contributed by atoms with van der Waals surface area (Å²) in [6, 6.07) is 2.77. The molecule has 21 heavy (non-hydrogen) atoms. The average Bonchev–Trinajstić information content (AvgIpc) is 2.42. The highest BCUT2D eigenvalue weighted by atomic mass is 19.4. The monoisotopic (exact) mass is 303 g/mol. The number of hydrogen-bond donors (Lipinski definition) is 2. The van der Waals surface area contributed by atoms with Crippen LogP contribution in [0.15, 0.2) is 24.3 Å². The molecule has 0 aliphatic rings. The number of carboxylic acids is 1. The molecule has 0 radical (unpaired) electrons. The van der Waals surface area contributed by atoms with Gasteiger partial charge >= 0.3 is 12.1 Å². The summed E-state index contributed by atoms with van der Waals surface area (Å²) in [5, 5.41) is 11.2. The van der Waals surface area contributed by atoms with Crippen LogP contribution in [0, 0.1) is 0 Å². The fourth-order valence-corrected chi connectivity index (χ4v) is 1.74. The van der Waals surface area contributed by atoms with E-state index < -0.39 is 29.7 Å². The van der Waals surface area contributed by atoms with Crippen molar-refractivity contribution in [1.82, 2.24) is 5.32 Å². The predicted octanol–water partition coefficient (Wildman–Crippen LogP) is 3.08. The van der Waals surface area contributed by atoms with Crippen LogP contribution < -0.4 is 5.32 Å². The summed E-state index contributed by atoms with van der Waals surface area (Å²) in [6.45, 7) is 1.87. The average molecular weight is 303 g/mol. The van der Waals surface area contributed by atoms with Crippen molar-refractivity contribution in [3.8, 4) is 0 Å². The molecule has 0 fully saturated rings. The van der Waals surface area contributed by atoms with E-state index in [2.05, 4.69) is 5.32 Å². The molecule has 0 saturated heterocycles. The van der Waals surface area contributed by atoms with Crippen molar-refractivity contribution in [2.24, 2.45) is 0 Å². The molecule has 0 saturated carbocycles. The lowest BCUT2D eigenvalue weighted by Gasteiger charge is -2.15. The Hall–Kier alpha value is -2.05. The van der Waals surface area contributed by atoms with E-state index in [-0.39, 0.29) is 12.0 Å². The summed E-state index contributed by atoms with van der Waals surface area (Å²) >= 11 is 0. The molecule has 0 aliphatic heterocycles. The summed E-state index contributed by atoms with van der Waals surface area (Å²) in [6.07, 6.45) is -2.97. The van der Waals surface area contributed by atoms with Crippen molar-refractivity contribution >= 4 is 11.9 Å². The minimum Gasteiger partial charge on any atom is -0.480 e. The SMILES string of the molecule is CCCC[C@H](NC(=O)c1cccc(C(F)(F)F)c1)C(=O)O. The third kappa shape index (κ3) is 5.09. The standard InChI is InChI=1S/C14H16F3NO3/c1-2-3-7-11(13(20)21)18-12(19)9-5-4-6-10(8-9)14(15,16)17/h4-6,8,11H,2-3,7H2,1H3,(H,18,19)(H,20,21)/t11-/m0/s1. The Labute approximate surface area is 120 Å². The minimum absolute atomic E-state index is 0.215. The Morgan fingerprint density at radius 3 is 2.52 bits per heavy atom. The Balaban J connectivity index is 2.85. The highest BCUT2D eigenvalue weighted by Gasteiger charge is 2.31. The molecule has 0 spiro atoms. The summed E-state index contributed by atoms with van der Waals surface area (Å²) in [5.74, 6) is -2.03. The lowest BCUT2D eigenvalue weighted by Crippen LogP contribution is -2.40. The molecule has 1 aromatic carbocycles. The molecule has 7 heteroatoms. The number of aliphatic carboxylic acids is 1. The van der Waals surface area contributed by atoms with Crippen molar-refractivity contribution in [3.05, 3.63) is 35.4 Å². The first kappa shape index (κ1) is 17.0. The van der Waals surface area contributed by atoms with Crippen LogP contribution in [0.3, 0.4) is 0 Å². The molecular formula is C14H16F3NO3. The molecule has 4 nitrogen and oxygen atoms in total. The van der Waals surface area contributed by atoms with Gasteiger partial charge in [0, 0.05) is 5.56 Å². The lowest BCUT2D eigenvalue weighted by molar-refractivity contribution is -0.139. The first-order valence-electron chi connectivity index (χ1n) is 6.46. The van der Waals surface area contributed by atoms with Gasteiger partial charge in [0.25, 0.3) is 5.91 Å². The molecule has 0 aliphatic carbocycles. The molecule has 1 amide bonds. The maximum Gasteiger partial charge on any atom is 0.416 e. The number of rotatable bonds is 6. The number of nitrogens with one attached hydrogen (secondary N) is 1. The van der Waals surface area contributed by atoms with Crippen LogP contribution in [-0.4, -0.2) is 23.0 Å². The molecule has 2 N–H and O–H groups in total. The van der Waals surface area contributed by atoms with Gasteiger partial charge in [0.15, 0.2) is 0 Å². The smallest absolute Gasteiger partial charge is 0.416 e. The Morgan fingerprint density at radius 2 is 2.00 bits per heavy atom. The summed E-state index contributed by atoms with van der Waals surface area (Å²) in [4.78, 5) is 22.9. The summed E-state index contributed by atoms with van der Waals surface area (Å²) < 4.78 is 37.7. The third-order valence-corrected chi connectivity index (χ3v) is 2.90. The van der Waals surface area contributed by atoms with Gasteiger partial charge in [0.1, 0.15) is 6.04 Å². The molecule has 0 bridgehead atoms. The zero-order valence-electron chi connectivity index (χ0n) is 11.4. The zero-order valence-corrected chi connectivity index (χ0v) is 11.4. The van der Waals surface area contributed by atoms with Gasteiger partial charge in [-0.05, 0) is 24.6 Å². The van der Waals surface area contributed by atoms with E-state index in [9.17, 15) is 22.8 Å². The van der Waals surface area contributed by atoms with Crippen molar-refractivity contribution < 1.29 is 27.9 Å². The van der Waals surface area contributed by atoms with Gasteiger partial charge in [0.05, 0.1) is 5.56 Å². The van der Waals surface area contributed by atoms with Crippen LogP contribution in [0.4, 0.5) is 13.2 Å². The molecule has 0 aromatic heterocycles. The maximum atomic E-state index is 12.6. The van der Waals surface area contributed by atoms with E-state index in [1.54, 1.807) is 0 Å². The normalized spacial score (nSPS) is 12.8. The highest BCUT2D eigenvalue weighted by molar-refractivity contribution is 5.96. The Morgan fingerprint density at radius 1 is 1.33 bits per heavy atom. The predicted molar refractivity (Wildman–Crippen MR) is 69.9 cm³/mol. The second kappa shape index (κ2) is 7.10. The van der Waals surface area contributed by atoms with Crippen molar-refractivity contribution in [1.29, 1.82) is 0 Å². The zero-order chi connectivity index (χ0) is 16.0. The second-order valence-electron chi connectivity index (χ2n) is 4.59. The molecule has 1 aromatic rings. The van der Waals surface area contributed by atoms with Gasteiger partial charge in [-0.2, -0.15) is 13.2 Å². The van der Waals surface area contributed by atoms with E-state index >= 15 is 0 Å². The fraction of sp³-hybridized carbons (Fsp3) is 0.429. The fourth-order valence-electron chi connectivity index (χ4n) is 1.74. The van der Waals surface area contributed by atoms with Crippen LogP contribution in [0.5, 0.6) is 0 Å². The Bertz CT molecular complexity index is 514. The minimum atomic E-state index is -4.55. The molecule has 116 valence electrons. The summed E-state index contributed by atoms with van der Waals surface area (Å²) in [5.41, 5.74) is -1.16. The lowest BCUT2D eigenvalue weighted by atomic mass is 10.1. The highest BCUT2D eigenvalue weighted by Crippen LogP contribution is 2.29. The maximum absolute atomic E-state index is 12.6. The molecule has 1 rings (SSSR count). The number of hydrogen-bond acceptors (Lipinski definition) is 2. The number of amides is 1. The van der Waals surface area contributed by atoms with E-state index in [0.717, 1.165) is 18.6 Å². The van der Waals surface area contributed by atoms with Crippen molar-refractivity contribution in [3.63, 3.8) is 0 Å². The first-order valence-corrected chi connectivity index (χ1v) is 6.46. The van der Waals surface area contributed by atoms with Crippen LogP contribution >= 0.6 is 0 Å². The topological polar surface area (TPSA) is 66.4 Å². The molecular weight excluding hydrogens is 287 g/mol. The largest absolute Gasteiger partial charge is 0.480 e. The number of halogens is 3. The molecule has 0 unspecified atom stereocenters. The van der Waals surface area contributed by atoms with E-state index in [1.807, 2.05) is 6.92 Å². The Kier molecular flexibility index (Phi) is 5.75. The molecule has 0 heterocycles. The van der Waals surface area contributed by atoms with E-state index in [4.69, 9.17) is 5.11 Å². The van der Waals surface area contributed by atoms with Crippen molar-refractivity contribution in [2.45, 2.75) is 38.4 Å². The van der Waals surface area contributed by atoms with Gasteiger partial charge in [-0.1, -0.05) is 25.8 Å². The van der Waals surface area contributed by atoms with Gasteiger partial charge in [0.2, 0.25) is 0 Å². The first-order chi connectivity index (χ1) is 9.75. The van der Waals surface area contributed by atoms with Crippen molar-refractivity contribution in [2.75, 3.05) is 0 Å². The molecule has 1 atom stereocenters. The number of alkyl halides is 3. The van der Waals surface area contributed by atoms with Crippen LogP contribution in [-0.2, 0) is 11.0 Å².